The van der Waals surface area contributed by atoms with Gasteiger partial charge in [-0.25, -0.2) is 13.6 Å². The summed E-state index contributed by atoms with van der Waals surface area (Å²) in [4.78, 5) is 0.0156. The van der Waals surface area contributed by atoms with Gasteiger partial charge in [0.15, 0.2) is 0 Å². The minimum Gasteiger partial charge on any atom is -0.276 e. The maximum absolute atomic E-state index is 11.3. The Morgan fingerprint density at radius 1 is 1.31 bits per heavy atom. The lowest BCUT2D eigenvalue weighted by Crippen LogP contribution is -2.12. The van der Waals surface area contributed by atoms with Gasteiger partial charge in [0.1, 0.15) is 4.90 Å². The maximum atomic E-state index is 11.3. The molecule has 0 saturated heterocycles. The lowest BCUT2D eigenvalue weighted by atomic mass is 10.1. The second-order valence-electron chi connectivity index (χ2n) is 3.47. The average Bonchev–Trinajstić information content (AvgIpc) is 2.66. The molecular formula is C10H11N3O2S. The molecule has 84 valence electrons. The fraction of sp³-hybridized carbons (Fsp3) is 0.100. The van der Waals surface area contributed by atoms with E-state index in [0.717, 1.165) is 11.1 Å². The van der Waals surface area contributed by atoms with Crippen molar-refractivity contribution in [3.05, 3.63) is 36.0 Å². The standard InChI is InChI=1S/C10H11N3O2S/c1-7-4-2-3-5-8(7)10-9(6-12-13-10)16(11,14)15/h2-6H,1H3,(H,12,13)(H2,11,14,15). The first-order chi connectivity index (χ1) is 7.50. The van der Waals surface area contributed by atoms with E-state index >= 15 is 0 Å². The van der Waals surface area contributed by atoms with Crippen molar-refractivity contribution in [3.63, 3.8) is 0 Å². The molecule has 0 aliphatic rings. The van der Waals surface area contributed by atoms with Gasteiger partial charge in [0, 0.05) is 5.56 Å². The first kappa shape index (κ1) is 10.8. The number of sulfonamides is 1. The number of nitrogens with two attached hydrogens (primary N) is 1. The van der Waals surface area contributed by atoms with Crippen molar-refractivity contribution in [2.45, 2.75) is 11.8 Å². The van der Waals surface area contributed by atoms with E-state index in [1.807, 2.05) is 31.2 Å². The van der Waals surface area contributed by atoms with Crippen LogP contribution < -0.4 is 5.14 Å². The number of aromatic nitrogens is 2. The quantitative estimate of drug-likeness (QED) is 0.817. The highest BCUT2D eigenvalue weighted by atomic mass is 32.2. The zero-order valence-corrected chi connectivity index (χ0v) is 9.45. The first-order valence-corrected chi connectivity index (χ1v) is 6.17. The lowest BCUT2D eigenvalue weighted by molar-refractivity contribution is 0.598. The Morgan fingerprint density at radius 2 is 2.00 bits per heavy atom. The van der Waals surface area contributed by atoms with Crippen LogP contribution in [-0.4, -0.2) is 18.6 Å². The van der Waals surface area contributed by atoms with Crippen molar-refractivity contribution in [2.24, 2.45) is 5.14 Å². The average molecular weight is 237 g/mol. The van der Waals surface area contributed by atoms with Crippen molar-refractivity contribution < 1.29 is 8.42 Å². The van der Waals surface area contributed by atoms with Gasteiger partial charge in [-0.15, -0.1) is 0 Å². The normalized spacial score (nSPS) is 11.6. The third-order valence-electron chi connectivity index (χ3n) is 2.33. The summed E-state index contributed by atoms with van der Waals surface area (Å²) in [5, 5.41) is 11.5. The monoisotopic (exact) mass is 237 g/mol. The van der Waals surface area contributed by atoms with E-state index in [1.54, 1.807) is 0 Å². The molecule has 0 amide bonds. The lowest BCUT2D eigenvalue weighted by Gasteiger charge is -2.04. The van der Waals surface area contributed by atoms with Crippen molar-refractivity contribution in [2.75, 3.05) is 0 Å². The molecule has 1 aromatic carbocycles. The van der Waals surface area contributed by atoms with E-state index in [9.17, 15) is 8.42 Å². The van der Waals surface area contributed by atoms with Gasteiger partial charge in [-0.2, -0.15) is 5.10 Å². The van der Waals surface area contributed by atoms with E-state index in [2.05, 4.69) is 10.2 Å². The van der Waals surface area contributed by atoms with Crippen LogP contribution in [0.5, 0.6) is 0 Å². The smallest absolute Gasteiger partial charge is 0.241 e. The minimum atomic E-state index is -3.75. The van der Waals surface area contributed by atoms with Crippen LogP contribution in [0.3, 0.4) is 0 Å². The van der Waals surface area contributed by atoms with Gasteiger partial charge in [-0.1, -0.05) is 24.3 Å². The number of benzene rings is 1. The van der Waals surface area contributed by atoms with Crippen molar-refractivity contribution in [1.29, 1.82) is 0 Å². The molecule has 6 heteroatoms. The molecule has 3 N–H and O–H groups in total. The molecule has 0 aliphatic carbocycles. The van der Waals surface area contributed by atoms with Crippen LogP contribution in [0, 0.1) is 6.92 Å². The Labute approximate surface area is 93.4 Å². The number of nitrogens with zero attached hydrogens (tertiary/aromatic N) is 1. The van der Waals surface area contributed by atoms with Crippen LogP contribution in [0.2, 0.25) is 0 Å². The number of hydrogen-bond acceptors (Lipinski definition) is 3. The van der Waals surface area contributed by atoms with Crippen molar-refractivity contribution in [1.82, 2.24) is 10.2 Å². The van der Waals surface area contributed by atoms with Gasteiger partial charge in [0.25, 0.3) is 0 Å². The first-order valence-electron chi connectivity index (χ1n) is 4.62. The van der Waals surface area contributed by atoms with E-state index in [0.29, 0.717) is 5.69 Å². The molecule has 2 aromatic rings. The Morgan fingerprint density at radius 3 is 2.62 bits per heavy atom. The number of primary sulfonamides is 1. The van der Waals surface area contributed by atoms with Crippen LogP contribution in [0.15, 0.2) is 35.4 Å². The van der Waals surface area contributed by atoms with Gasteiger partial charge in [0.2, 0.25) is 10.0 Å². The summed E-state index contributed by atoms with van der Waals surface area (Å²) in [6.45, 7) is 1.89. The summed E-state index contributed by atoms with van der Waals surface area (Å²) in [7, 11) is -3.75. The van der Waals surface area contributed by atoms with E-state index in [1.165, 1.54) is 6.20 Å². The third kappa shape index (κ3) is 1.84. The molecule has 16 heavy (non-hydrogen) atoms. The Kier molecular flexibility index (Phi) is 2.53. The van der Waals surface area contributed by atoms with Gasteiger partial charge in [-0.3, -0.25) is 5.10 Å². The molecule has 0 aliphatic heterocycles. The van der Waals surface area contributed by atoms with Gasteiger partial charge in [0.05, 0.1) is 11.9 Å². The van der Waals surface area contributed by atoms with Gasteiger partial charge < -0.3 is 0 Å². The summed E-state index contributed by atoms with van der Waals surface area (Å²) in [5.41, 5.74) is 2.17. The summed E-state index contributed by atoms with van der Waals surface area (Å²) >= 11 is 0. The van der Waals surface area contributed by atoms with Crippen LogP contribution in [0.4, 0.5) is 0 Å². The molecule has 0 atom stereocenters. The number of nitrogens with one attached hydrogen (secondary N) is 1. The Hall–Kier alpha value is -1.66. The summed E-state index contributed by atoms with van der Waals surface area (Å²) in [6.07, 6.45) is 1.22. The van der Waals surface area contributed by atoms with E-state index in [4.69, 9.17) is 5.14 Å². The molecule has 0 radical (unpaired) electrons. The number of H-pyrrole nitrogens is 1. The summed E-state index contributed by atoms with van der Waals surface area (Å²) < 4.78 is 22.6. The highest BCUT2D eigenvalue weighted by molar-refractivity contribution is 7.89. The second-order valence-corrected chi connectivity index (χ2v) is 5.00. The van der Waals surface area contributed by atoms with E-state index in [-0.39, 0.29) is 4.90 Å². The highest BCUT2D eigenvalue weighted by Gasteiger charge is 2.18. The zero-order valence-electron chi connectivity index (χ0n) is 8.64. The maximum Gasteiger partial charge on any atom is 0.241 e. The van der Waals surface area contributed by atoms with E-state index < -0.39 is 10.0 Å². The zero-order chi connectivity index (χ0) is 11.8. The van der Waals surface area contributed by atoms with Crippen LogP contribution in [0.1, 0.15) is 5.56 Å². The molecule has 1 aromatic heterocycles. The van der Waals surface area contributed by atoms with Crippen LogP contribution in [-0.2, 0) is 10.0 Å². The molecule has 0 fully saturated rings. The second kappa shape index (κ2) is 3.73. The molecule has 0 unspecified atom stereocenters. The molecule has 2 rings (SSSR count). The largest absolute Gasteiger partial charge is 0.276 e. The highest BCUT2D eigenvalue weighted by Crippen LogP contribution is 2.26. The molecule has 0 saturated carbocycles. The fourth-order valence-electron chi connectivity index (χ4n) is 1.54. The number of aryl methyl sites for hydroxylation is 1. The van der Waals surface area contributed by atoms with Crippen LogP contribution >= 0.6 is 0 Å². The van der Waals surface area contributed by atoms with Gasteiger partial charge in [-0.05, 0) is 12.5 Å². The Bertz CT molecular complexity index is 616. The molecule has 0 bridgehead atoms. The number of rotatable bonds is 2. The SMILES string of the molecule is Cc1ccccc1-c1[nH]ncc1S(N)(=O)=O. The van der Waals surface area contributed by atoms with Crippen LogP contribution in [0.25, 0.3) is 11.3 Å². The van der Waals surface area contributed by atoms with Crippen molar-refractivity contribution >= 4 is 10.0 Å². The molecule has 5 nitrogen and oxygen atoms in total. The third-order valence-corrected chi connectivity index (χ3v) is 3.25. The van der Waals surface area contributed by atoms with Gasteiger partial charge >= 0.3 is 0 Å². The Balaban J connectivity index is 2.68. The number of aromatic amines is 1. The summed E-state index contributed by atoms with van der Waals surface area (Å²) in [5.74, 6) is 0. The van der Waals surface area contributed by atoms with Crippen molar-refractivity contribution in [3.8, 4) is 11.3 Å². The molecule has 1 heterocycles. The topological polar surface area (TPSA) is 88.8 Å². The molecular weight excluding hydrogens is 226 g/mol. The predicted molar refractivity (Wildman–Crippen MR) is 60.1 cm³/mol. The predicted octanol–water partition coefficient (Wildman–Crippen LogP) is 1.03. The molecule has 0 spiro atoms. The number of hydrogen-bond donors (Lipinski definition) is 2. The fourth-order valence-corrected chi connectivity index (χ4v) is 2.18. The minimum absolute atomic E-state index is 0.0156. The summed E-state index contributed by atoms with van der Waals surface area (Å²) in [6, 6.07) is 7.42.